The van der Waals surface area contributed by atoms with Crippen molar-refractivity contribution >= 4 is 5.97 Å². The minimum Gasteiger partial charge on any atom is -0.481 e. The molecular formula is C16H26O4. The maximum atomic E-state index is 12.0. The van der Waals surface area contributed by atoms with E-state index in [1.54, 1.807) is 0 Å². The van der Waals surface area contributed by atoms with Gasteiger partial charge in [0.1, 0.15) is 0 Å². The van der Waals surface area contributed by atoms with Crippen molar-refractivity contribution in [3.8, 4) is 0 Å². The average Bonchev–Trinajstić information content (AvgIpc) is 2.48. The number of carboxylic acid groups (broad SMARTS) is 1. The zero-order chi connectivity index (χ0) is 14.1. The SMILES string of the molecule is O=C(O)C1(C2CCOC3(CCOCC3)C2)CCCCC1. The fourth-order valence-electron chi connectivity index (χ4n) is 4.57. The minimum atomic E-state index is -0.564. The molecule has 4 heteroatoms. The molecule has 1 spiro atoms. The van der Waals surface area contributed by atoms with Crippen LogP contribution >= 0.6 is 0 Å². The van der Waals surface area contributed by atoms with E-state index < -0.39 is 11.4 Å². The molecule has 0 aromatic heterocycles. The lowest BCUT2D eigenvalue weighted by Crippen LogP contribution is -2.51. The Bertz CT molecular complexity index is 348. The third-order valence-corrected chi connectivity index (χ3v) is 5.85. The highest BCUT2D eigenvalue weighted by Crippen LogP contribution is 2.51. The van der Waals surface area contributed by atoms with Gasteiger partial charge in [-0.2, -0.15) is 0 Å². The van der Waals surface area contributed by atoms with E-state index >= 15 is 0 Å². The lowest BCUT2D eigenvalue weighted by molar-refractivity contribution is -0.180. The van der Waals surface area contributed by atoms with Crippen LogP contribution in [0.5, 0.6) is 0 Å². The Kier molecular flexibility index (Phi) is 4.04. The molecule has 3 aliphatic rings. The van der Waals surface area contributed by atoms with Gasteiger partial charge >= 0.3 is 5.97 Å². The Labute approximate surface area is 120 Å². The molecule has 2 saturated heterocycles. The van der Waals surface area contributed by atoms with Crippen molar-refractivity contribution in [2.75, 3.05) is 19.8 Å². The van der Waals surface area contributed by atoms with Gasteiger partial charge in [0.25, 0.3) is 0 Å². The van der Waals surface area contributed by atoms with Crippen molar-refractivity contribution < 1.29 is 19.4 Å². The Balaban J connectivity index is 1.78. The van der Waals surface area contributed by atoms with Crippen LogP contribution in [-0.2, 0) is 14.3 Å². The summed E-state index contributed by atoms with van der Waals surface area (Å²) in [6, 6.07) is 0. The molecule has 1 aliphatic carbocycles. The summed E-state index contributed by atoms with van der Waals surface area (Å²) in [7, 11) is 0. The standard InChI is InChI=1S/C16H26O4/c17-14(18)16(5-2-1-3-6-16)13-4-9-20-15(12-13)7-10-19-11-8-15/h13H,1-12H2,(H,17,18). The second-order valence-corrected chi connectivity index (χ2v) is 6.86. The van der Waals surface area contributed by atoms with E-state index in [9.17, 15) is 9.90 Å². The average molecular weight is 282 g/mol. The molecule has 1 unspecified atom stereocenters. The second-order valence-electron chi connectivity index (χ2n) is 6.86. The number of rotatable bonds is 2. The van der Waals surface area contributed by atoms with Crippen molar-refractivity contribution in [1.82, 2.24) is 0 Å². The van der Waals surface area contributed by atoms with Gasteiger partial charge < -0.3 is 14.6 Å². The van der Waals surface area contributed by atoms with Crippen molar-refractivity contribution in [3.05, 3.63) is 0 Å². The fraction of sp³-hybridized carbons (Fsp3) is 0.938. The molecule has 0 amide bonds. The predicted octanol–water partition coefficient (Wildman–Crippen LogP) is 3.00. The third kappa shape index (κ3) is 2.48. The number of carboxylic acids is 1. The van der Waals surface area contributed by atoms with E-state index in [4.69, 9.17) is 9.47 Å². The summed E-state index contributed by atoms with van der Waals surface area (Å²) in [6.45, 7) is 2.24. The highest BCUT2D eigenvalue weighted by atomic mass is 16.5. The molecule has 1 N–H and O–H groups in total. The smallest absolute Gasteiger partial charge is 0.309 e. The van der Waals surface area contributed by atoms with Gasteiger partial charge in [-0.25, -0.2) is 0 Å². The highest BCUT2D eigenvalue weighted by Gasteiger charge is 2.51. The van der Waals surface area contributed by atoms with Crippen molar-refractivity contribution in [1.29, 1.82) is 0 Å². The summed E-state index contributed by atoms with van der Waals surface area (Å²) < 4.78 is 11.5. The van der Waals surface area contributed by atoms with Gasteiger partial charge in [0, 0.05) is 19.8 Å². The summed E-state index contributed by atoms with van der Waals surface area (Å²) in [6.07, 6.45) is 8.74. The zero-order valence-corrected chi connectivity index (χ0v) is 12.2. The fourth-order valence-corrected chi connectivity index (χ4v) is 4.57. The number of aliphatic carboxylic acids is 1. The highest BCUT2D eigenvalue weighted by molar-refractivity contribution is 5.75. The number of ether oxygens (including phenoxy) is 2. The topological polar surface area (TPSA) is 55.8 Å². The lowest BCUT2D eigenvalue weighted by Gasteiger charge is -2.49. The Morgan fingerprint density at radius 2 is 1.70 bits per heavy atom. The monoisotopic (exact) mass is 282 g/mol. The van der Waals surface area contributed by atoms with Gasteiger partial charge in [-0.15, -0.1) is 0 Å². The van der Waals surface area contributed by atoms with Gasteiger partial charge in [-0.05, 0) is 44.4 Å². The molecule has 1 atom stereocenters. The molecule has 0 aromatic rings. The van der Waals surface area contributed by atoms with E-state index in [1.807, 2.05) is 0 Å². The first-order valence-corrected chi connectivity index (χ1v) is 8.12. The quantitative estimate of drug-likeness (QED) is 0.846. The van der Waals surface area contributed by atoms with Crippen LogP contribution in [0.4, 0.5) is 0 Å². The van der Waals surface area contributed by atoms with Gasteiger partial charge in [0.15, 0.2) is 0 Å². The van der Waals surface area contributed by atoms with E-state index in [-0.39, 0.29) is 11.5 Å². The van der Waals surface area contributed by atoms with Gasteiger partial charge in [-0.1, -0.05) is 19.3 Å². The summed E-state index contributed by atoms with van der Waals surface area (Å²) in [5.41, 5.74) is -0.575. The number of hydrogen-bond acceptors (Lipinski definition) is 3. The van der Waals surface area contributed by atoms with Gasteiger partial charge in [0.2, 0.25) is 0 Å². The van der Waals surface area contributed by atoms with Gasteiger partial charge in [-0.3, -0.25) is 4.79 Å². The van der Waals surface area contributed by atoms with E-state index in [0.29, 0.717) is 0 Å². The van der Waals surface area contributed by atoms with Crippen LogP contribution in [0.3, 0.4) is 0 Å². The lowest BCUT2D eigenvalue weighted by atomic mass is 9.61. The summed E-state index contributed by atoms with van der Waals surface area (Å²) in [4.78, 5) is 12.0. The Morgan fingerprint density at radius 1 is 1.00 bits per heavy atom. The van der Waals surface area contributed by atoms with Crippen molar-refractivity contribution in [2.45, 2.75) is 63.4 Å². The maximum absolute atomic E-state index is 12.0. The summed E-state index contributed by atoms with van der Waals surface area (Å²) in [5.74, 6) is -0.279. The normalized spacial score (nSPS) is 32.9. The summed E-state index contributed by atoms with van der Waals surface area (Å²) >= 11 is 0. The molecule has 0 bridgehead atoms. The zero-order valence-electron chi connectivity index (χ0n) is 12.2. The second kappa shape index (κ2) is 5.64. The molecule has 2 heterocycles. The van der Waals surface area contributed by atoms with Gasteiger partial charge in [0.05, 0.1) is 11.0 Å². The van der Waals surface area contributed by atoms with Crippen LogP contribution < -0.4 is 0 Å². The van der Waals surface area contributed by atoms with Crippen LogP contribution in [0.15, 0.2) is 0 Å². The first kappa shape index (κ1) is 14.3. The van der Waals surface area contributed by atoms with Crippen LogP contribution in [0.1, 0.15) is 57.8 Å². The first-order valence-electron chi connectivity index (χ1n) is 8.12. The maximum Gasteiger partial charge on any atom is 0.309 e. The Hall–Kier alpha value is -0.610. The molecule has 1 saturated carbocycles. The van der Waals surface area contributed by atoms with Crippen LogP contribution in [0, 0.1) is 11.3 Å². The third-order valence-electron chi connectivity index (χ3n) is 5.85. The molecular weight excluding hydrogens is 256 g/mol. The van der Waals surface area contributed by atoms with Crippen LogP contribution in [-0.4, -0.2) is 36.5 Å². The molecule has 0 radical (unpaired) electrons. The number of hydrogen-bond donors (Lipinski definition) is 1. The molecule has 4 nitrogen and oxygen atoms in total. The molecule has 2 aliphatic heterocycles. The van der Waals surface area contributed by atoms with Crippen molar-refractivity contribution in [2.24, 2.45) is 11.3 Å². The van der Waals surface area contributed by atoms with Crippen molar-refractivity contribution in [3.63, 3.8) is 0 Å². The van der Waals surface area contributed by atoms with E-state index in [1.165, 1.54) is 6.42 Å². The minimum absolute atomic E-state index is 0.0962. The molecule has 0 aromatic carbocycles. The molecule has 20 heavy (non-hydrogen) atoms. The molecule has 3 fully saturated rings. The van der Waals surface area contributed by atoms with E-state index in [2.05, 4.69) is 0 Å². The number of carbonyl (C=O) groups is 1. The largest absolute Gasteiger partial charge is 0.481 e. The first-order chi connectivity index (χ1) is 9.67. The van der Waals surface area contributed by atoms with E-state index in [0.717, 1.165) is 71.2 Å². The van der Waals surface area contributed by atoms with Crippen LogP contribution in [0.25, 0.3) is 0 Å². The summed E-state index contributed by atoms with van der Waals surface area (Å²) in [5, 5.41) is 9.86. The molecule has 3 rings (SSSR count). The molecule has 114 valence electrons. The Morgan fingerprint density at radius 3 is 2.35 bits per heavy atom. The van der Waals surface area contributed by atoms with Crippen LogP contribution in [0.2, 0.25) is 0 Å². The predicted molar refractivity (Wildman–Crippen MR) is 74.6 cm³/mol.